The molecule has 4 rings (SSSR count). The van der Waals surface area contributed by atoms with Crippen LogP contribution < -0.4 is 9.47 Å². The summed E-state index contributed by atoms with van der Waals surface area (Å²) in [4.78, 5) is 23.8. The van der Waals surface area contributed by atoms with Crippen molar-refractivity contribution in [3.05, 3.63) is 58.7 Å². The molecule has 0 aromatic heterocycles. The summed E-state index contributed by atoms with van der Waals surface area (Å²) in [5.74, 6) is -1.40. The molecule has 2 aromatic carbocycles. The lowest BCUT2D eigenvalue weighted by molar-refractivity contribution is -0.144. The molecule has 0 unspecified atom stereocenters. The summed E-state index contributed by atoms with van der Waals surface area (Å²) in [6.07, 6.45) is 2.21. The average molecular weight is 557 g/mol. The molecule has 1 heterocycles. The molecule has 3 N–H and O–H groups in total. The minimum Gasteiger partial charge on any atom is -0.504 e. The highest BCUT2D eigenvalue weighted by Gasteiger charge is 2.54. The lowest BCUT2D eigenvalue weighted by Crippen LogP contribution is -2.51. The Morgan fingerprint density at radius 1 is 1.12 bits per heavy atom. The van der Waals surface area contributed by atoms with Gasteiger partial charge in [-0.3, -0.25) is 9.59 Å². The number of hydrogen-bond acceptors (Lipinski definition) is 10. The average Bonchev–Trinajstić information content (AvgIpc) is 3.35. The Kier molecular flexibility index (Phi) is 9.02. The van der Waals surface area contributed by atoms with Crippen molar-refractivity contribution >= 4 is 12.3 Å². The van der Waals surface area contributed by atoms with Crippen molar-refractivity contribution in [2.45, 2.75) is 44.0 Å². The lowest BCUT2D eigenvalue weighted by atomic mass is 9.64. The van der Waals surface area contributed by atoms with Crippen LogP contribution in [0.2, 0.25) is 0 Å². The number of phenols is 2. The molecule has 0 amide bonds. The van der Waals surface area contributed by atoms with Gasteiger partial charge in [0, 0.05) is 37.2 Å². The van der Waals surface area contributed by atoms with Crippen LogP contribution in [-0.4, -0.2) is 74.0 Å². The van der Waals surface area contributed by atoms with Crippen LogP contribution in [0.5, 0.6) is 23.0 Å². The van der Waals surface area contributed by atoms with E-state index in [4.69, 9.17) is 23.7 Å². The van der Waals surface area contributed by atoms with Crippen LogP contribution in [0.3, 0.4) is 0 Å². The molecular weight excluding hydrogens is 520 g/mol. The highest BCUT2D eigenvalue weighted by molar-refractivity contribution is 5.77. The molecular formula is C30H36O10. The number of carbonyl (C=O) groups is 2. The molecule has 0 radical (unpaired) electrons. The molecule has 5 atom stereocenters. The minimum absolute atomic E-state index is 0.0101. The zero-order valence-corrected chi connectivity index (χ0v) is 23.1. The van der Waals surface area contributed by atoms with E-state index in [-0.39, 0.29) is 43.3 Å². The standard InChI is InChI=1S/C30H36O10/c1-5-17(14-31)19(10-27(35)38-4)11-28-39-16-30(40-28)13-20-9-26(37-3)24(34)12-21(20)29(22(30)15-32)18-6-7-23(33)25(8-18)36-2/h5-9,12,14,19,22,28-29,32-34H,10-11,13,15-16H2,1-4H3/b17-5-/t19-,22-,28+,29-,30-/m0/s1. The van der Waals surface area contributed by atoms with Crippen LogP contribution in [0.4, 0.5) is 0 Å². The number of ether oxygens (including phenoxy) is 5. The summed E-state index contributed by atoms with van der Waals surface area (Å²) in [6.45, 7) is 1.61. The SMILES string of the molecule is C/C=C(/C=O)[C@@H](CC(=O)OC)C[C@@H]1OC[C@]2(Cc3cc(OC)c(O)cc3[C@H](c3ccc(O)c(OC)c3)[C@@H]2CO)O1. The normalized spacial score (nSPS) is 24.8. The van der Waals surface area contributed by atoms with Crippen LogP contribution in [-0.2, 0) is 30.2 Å². The maximum Gasteiger partial charge on any atom is 0.306 e. The van der Waals surface area contributed by atoms with Crippen molar-refractivity contribution < 1.29 is 48.6 Å². The molecule has 1 aliphatic carbocycles. The van der Waals surface area contributed by atoms with E-state index in [1.54, 1.807) is 37.3 Å². The number of benzene rings is 2. The predicted octanol–water partition coefficient (Wildman–Crippen LogP) is 3.24. The molecule has 2 aromatic rings. The fourth-order valence-corrected chi connectivity index (χ4v) is 6.00. The van der Waals surface area contributed by atoms with Crippen molar-refractivity contribution in [1.29, 1.82) is 0 Å². The number of hydrogen-bond donors (Lipinski definition) is 3. The summed E-state index contributed by atoms with van der Waals surface area (Å²) in [6, 6.07) is 8.37. The predicted molar refractivity (Wildman–Crippen MR) is 144 cm³/mol. The maximum absolute atomic E-state index is 12.1. The van der Waals surface area contributed by atoms with Gasteiger partial charge >= 0.3 is 5.97 Å². The van der Waals surface area contributed by atoms with Gasteiger partial charge in [0.05, 0.1) is 34.4 Å². The molecule has 1 aliphatic heterocycles. The fourth-order valence-electron chi connectivity index (χ4n) is 6.00. The highest BCUT2D eigenvalue weighted by atomic mass is 16.7. The Bertz CT molecular complexity index is 1270. The molecule has 10 nitrogen and oxygen atoms in total. The van der Waals surface area contributed by atoms with E-state index in [0.29, 0.717) is 17.7 Å². The third-order valence-electron chi connectivity index (χ3n) is 8.04. The Labute approximate surface area is 233 Å². The van der Waals surface area contributed by atoms with E-state index in [1.807, 2.05) is 0 Å². The van der Waals surface area contributed by atoms with E-state index in [2.05, 4.69) is 0 Å². The third kappa shape index (κ3) is 5.52. The van der Waals surface area contributed by atoms with Gasteiger partial charge in [-0.1, -0.05) is 12.1 Å². The maximum atomic E-state index is 12.1. The van der Waals surface area contributed by atoms with Gasteiger partial charge in [0.15, 0.2) is 29.3 Å². The van der Waals surface area contributed by atoms with Crippen molar-refractivity contribution in [2.24, 2.45) is 11.8 Å². The Morgan fingerprint density at radius 2 is 1.85 bits per heavy atom. The number of aliphatic hydroxyl groups is 1. The van der Waals surface area contributed by atoms with E-state index < -0.39 is 35.6 Å². The van der Waals surface area contributed by atoms with Gasteiger partial charge in [-0.05, 0) is 53.5 Å². The quantitative estimate of drug-likeness (QED) is 0.227. The monoisotopic (exact) mass is 556 g/mol. The minimum atomic E-state index is -0.975. The molecule has 40 heavy (non-hydrogen) atoms. The molecule has 1 spiro atoms. The van der Waals surface area contributed by atoms with Gasteiger partial charge in [0.1, 0.15) is 11.9 Å². The summed E-state index contributed by atoms with van der Waals surface area (Å²) in [5.41, 5.74) is 1.83. The first-order valence-electron chi connectivity index (χ1n) is 13.1. The summed E-state index contributed by atoms with van der Waals surface area (Å²) >= 11 is 0. The van der Waals surface area contributed by atoms with E-state index >= 15 is 0 Å². The topological polar surface area (TPSA) is 141 Å². The lowest BCUT2D eigenvalue weighted by Gasteiger charge is -2.45. The van der Waals surface area contributed by atoms with Crippen molar-refractivity contribution in [3.63, 3.8) is 0 Å². The van der Waals surface area contributed by atoms with Crippen LogP contribution in [0.25, 0.3) is 0 Å². The first-order chi connectivity index (χ1) is 19.2. The third-order valence-corrected chi connectivity index (χ3v) is 8.04. The Morgan fingerprint density at radius 3 is 2.48 bits per heavy atom. The zero-order valence-electron chi connectivity index (χ0n) is 23.1. The number of aldehydes is 1. The van der Waals surface area contributed by atoms with Gasteiger partial charge in [-0.15, -0.1) is 0 Å². The summed E-state index contributed by atoms with van der Waals surface area (Å²) in [5, 5.41) is 31.6. The van der Waals surface area contributed by atoms with Gasteiger partial charge < -0.3 is 39.0 Å². The van der Waals surface area contributed by atoms with Crippen LogP contribution >= 0.6 is 0 Å². The first kappa shape index (κ1) is 29.4. The fraction of sp³-hybridized carbons (Fsp3) is 0.467. The van der Waals surface area contributed by atoms with Crippen LogP contribution in [0.15, 0.2) is 42.0 Å². The molecule has 0 bridgehead atoms. The summed E-state index contributed by atoms with van der Waals surface area (Å²) in [7, 11) is 4.22. The molecule has 1 saturated heterocycles. The van der Waals surface area contributed by atoms with Crippen LogP contribution in [0.1, 0.15) is 42.4 Å². The first-order valence-corrected chi connectivity index (χ1v) is 13.1. The van der Waals surface area contributed by atoms with Crippen molar-refractivity contribution in [2.75, 3.05) is 34.5 Å². The number of methoxy groups -OCH3 is 3. The molecule has 216 valence electrons. The van der Waals surface area contributed by atoms with Gasteiger partial charge in [-0.25, -0.2) is 0 Å². The number of fused-ring (bicyclic) bond motifs is 1. The molecule has 1 fully saturated rings. The van der Waals surface area contributed by atoms with Crippen molar-refractivity contribution in [3.8, 4) is 23.0 Å². The van der Waals surface area contributed by atoms with E-state index in [1.165, 1.54) is 27.4 Å². The highest BCUT2D eigenvalue weighted by Crippen LogP contribution is 2.52. The molecule has 10 heteroatoms. The van der Waals surface area contributed by atoms with E-state index in [9.17, 15) is 24.9 Å². The van der Waals surface area contributed by atoms with Gasteiger partial charge in [-0.2, -0.15) is 0 Å². The second-order valence-corrected chi connectivity index (χ2v) is 10.1. The largest absolute Gasteiger partial charge is 0.504 e. The molecule has 0 saturated carbocycles. The van der Waals surface area contributed by atoms with Crippen LogP contribution in [0, 0.1) is 11.8 Å². The second-order valence-electron chi connectivity index (χ2n) is 10.1. The van der Waals surface area contributed by atoms with Gasteiger partial charge in [0.25, 0.3) is 0 Å². The number of aromatic hydroxyl groups is 2. The Hall–Kier alpha value is -3.60. The Balaban J connectivity index is 1.75. The smallest absolute Gasteiger partial charge is 0.306 e. The van der Waals surface area contributed by atoms with Gasteiger partial charge in [0.2, 0.25) is 0 Å². The second kappa shape index (κ2) is 12.3. The molecule has 2 aliphatic rings. The number of esters is 1. The number of aliphatic hydroxyl groups excluding tert-OH is 1. The van der Waals surface area contributed by atoms with E-state index in [0.717, 1.165) is 23.0 Å². The number of allylic oxidation sites excluding steroid dienone is 2. The number of carbonyl (C=O) groups excluding carboxylic acids is 2. The zero-order chi connectivity index (χ0) is 29.0. The number of rotatable bonds is 10. The number of phenolic OH excluding ortho intramolecular Hbond substituents is 2. The summed E-state index contributed by atoms with van der Waals surface area (Å²) < 4.78 is 28.3. The van der Waals surface area contributed by atoms with Crippen molar-refractivity contribution in [1.82, 2.24) is 0 Å².